The molecule has 1 atom stereocenters. The third-order valence-corrected chi connectivity index (χ3v) is 2.35. The van der Waals surface area contributed by atoms with Gasteiger partial charge < -0.3 is 15.0 Å². The fourth-order valence-electron chi connectivity index (χ4n) is 1.64. The van der Waals surface area contributed by atoms with Crippen LogP contribution >= 0.6 is 0 Å². The van der Waals surface area contributed by atoms with Gasteiger partial charge in [-0.25, -0.2) is 4.79 Å². The molecule has 5 heteroatoms. The maximum atomic E-state index is 11.5. The topological polar surface area (TPSA) is 58.6 Å². The number of ether oxygens (including phenoxy) is 1. The average molecular weight is 260 g/mol. The predicted molar refractivity (Wildman–Crippen MR) is 73.5 cm³/mol. The second-order valence-electron chi connectivity index (χ2n) is 5.10. The van der Waals surface area contributed by atoms with E-state index in [1.54, 1.807) is 4.90 Å². The molecule has 2 amide bonds. The van der Waals surface area contributed by atoms with Crippen molar-refractivity contribution in [3.05, 3.63) is 0 Å². The van der Waals surface area contributed by atoms with Gasteiger partial charge in [-0.3, -0.25) is 4.79 Å². The SMILES string of the molecule is CC.CC(=O)N1CCC(NC(=O)OC(C)(C)C)C1.[HH]. The molecule has 0 bridgehead atoms. The number of rotatable bonds is 1. The molecule has 1 rings (SSSR count). The van der Waals surface area contributed by atoms with Crippen LogP contribution in [0.15, 0.2) is 0 Å². The van der Waals surface area contributed by atoms with Crippen molar-refractivity contribution in [2.45, 2.75) is 59.6 Å². The number of carbonyl (C=O) groups excluding carboxylic acids is 2. The fourth-order valence-corrected chi connectivity index (χ4v) is 1.64. The zero-order valence-corrected chi connectivity index (χ0v) is 12.4. The van der Waals surface area contributed by atoms with Gasteiger partial charge in [0.2, 0.25) is 5.91 Å². The first kappa shape index (κ1) is 16.7. The maximum absolute atomic E-state index is 11.5. The Hall–Kier alpha value is -1.26. The summed E-state index contributed by atoms with van der Waals surface area (Å²) in [6.07, 6.45) is 0.377. The minimum Gasteiger partial charge on any atom is -0.444 e. The summed E-state index contributed by atoms with van der Waals surface area (Å²) in [6.45, 7) is 12.3. The summed E-state index contributed by atoms with van der Waals surface area (Å²) in [5.41, 5.74) is -0.483. The number of nitrogens with one attached hydrogen (secondary N) is 1. The molecular weight excluding hydrogens is 232 g/mol. The van der Waals surface area contributed by atoms with Crippen LogP contribution in [0.5, 0.6) is 0 Å². The molecule has 1 saturated heterocycles. The van der Waals surface area contributed by atoms with Crippen molar-refractivity contribution in [3.8, 4) is 0 Å². The zero-order valence-electron chi connectivity index (χ0n) is 12.4. The van der Waals surface area contributed by atoms with E-state index in [0.717, 1.165) is 6.42 Å². The van der Waals surface area contributed by atoms with Gasteiger partial charge >= 0.3 is 6.09 Å². The van der Waals surface area contributed by atoms with Crippen LogP contribution in [0.25, 0.3) is 0 Å². The predicted octanol–water partition coefficient (Wildman–Crippen LogP) is 2.40. The molecule has 1 unspecified atom stereocenters. The second-order valence-corrected chi connectivity index (χ2v) is 5.10. The Bertz CT molecular complexity index is 290. The van der Waals surface area contributed by atoms with Crippen LogP contribution in [0.3, 0.4) is 0 Å². The normalized spacial score (nSPS) is 18.8. The molecule has 1 N–H and O–H groups in total. The van der Waals surface area contributed by atoms with Crippen molar-refractivity contribution in [2.24, 2.45) is 0 Å². The van der Waals surface area contributed by atoms with E-state index in [9.17, 15) is 9.59 Å². The lowest BCUT2D eigenvalue weighted by Crippen LogP contribution is -2.41. The van der Waals surface area contributed by atoms with Crippen molar-refractivity contribution >= 4 is 12.0 Å². The third-order valence-electron chi connectivity index (χ3n) is 2.35. The molecule has 0 aromatic rings. The van der Waals surface area contributed by atoms with Crippen molar-refractivity contribution in [3.63, 3.8) is 0 Å². The quantitative estimate of drug-likeness (QED) is 0.787. The fraction of sp³-hybridized carbons (Fsp3) is 0.846. The van der Waals surface area contributed by atoms with E-state index in [4.69, 9.17) is 4.74 Å². The Morgan fingerprint density at radius 3 is 2.28 bits per heavy atom. The molecule has 1 aliphatic heterocycles. The molecule has 5 nitrogen and oxygen atoms in total. The molecule has 1 heterocycles. The lowest BCUT2D eigenvalue weighted by Gasteiger charge is -2.21. The number of carbonyl (C=O) groups is 2. The highest BCUT2D eigenvalue weighted by molar-refractivity contribution is 5.74. The number of likely N-dealkylation sites (tertiary alicyclic amines) is 1. The molecule has 0 aromatic carbocycles. The Labute approximate surface area is 111 Å². The molecule has 0 aliphatic carbocycles. The summed E-state index contributed by atoms with van der Waals surface area (Å²) in [5.74, 6) is 0.0495. The van der Waals surface area contributed by atoms with E-state index in [0.29, 0.717) is 13.1 Å². The van der Waals surface area contributed by atoms with Gasteiger partial charge in [-0.15, -0.1) is 0 Å². The lowest BCUT2D eigenvalue weighted by atomic mass is 10.2. The smallest absolute Gasteiger partial charge is 0.407 e. The standard InChI is InChI=1S/C11H20N2O3.C2H6.H2/c1-8(14)13-6-5-9(7-13)12-10(15)16-11(2,3)4;1-2;/h9H,5-7H2,1-4H3,(H,12,15);1-2H3;1H. The Morgan fingerprint density at radius 2 is 1.89 bits per heavy atom. The number of hydrogen-bond donors (Lipinski definition) is 1. The van der Waals surface area contributed by atoms with E-state index in [2.05, 4.69) is 5.32 Å². The molecule has 0 radical (unpaired) electrons. The highest BCUT2D eigenvalue weighted by Gasteiger charge is 2.27. The van der Waals surface area contributed by atoms with E-state index >= 15 is 0 Å². The minimum atomic E-state index is -0.483. The van der Waals surface area contributed by atoms with Crippen LogP contribution in [0.4, 0.5) is 4.79 Å². The summed E-state index contributed by atoms with van der Waals surface area (Å²) in [5, 5.41) is 2.77. The van der Waals surface area contributed by atoms with Crippen molar-refractivity contribution in [1.82, 2.24) is 10.2 Å². The molecule has 0 aromatic heterocycles. The Kier molecular flexibility index (Phi) is 6.73. The van der Waals surface area contributed by atoms with Gasteiger partial charge in [-0.05, 0) is 27.2 Å². The lowest BCUT2D eigenvalue weighted by molar-refractivity contribution is -0.127. The van der Waals surface area contributed by atoms with Crippen LogP contribution in [-0.4, -0.2) is 41.6 Å². The highest BCUT2D eigenvalue weighted by atomic mass is 16.6. The van der Waals surface area contributed by atoms with Gasteiger partial charge in [-0.2, -0.15) is 0 Å². The van der Waals surface area contributed by atoms with Crippen LogP contribution in [-0.2, 0) is 9.53 Å². The Morgan fingerprint density at radius 1 is 1.33 bits per heavy atom. The maximum Gasteiger partial charge on any atom is 0.407 e. The molecule has 108 valence electrons. The number of alkyl carbamates (subject to hydrolysis) is 1. The number of amides is 2. The van der Waals surface area contributed by atoms with E-state index in [1.165, 1.54) is 6.92 Å². The van der Waals surface area contributed by atoms with Crippen LogP contribution in [0.2, 0.25) is 0 Å². The summed E-state index contributed by atoms with van der Waals surface area (Å²) < 4.78 is 5.14. The van der Waals surface area contributed by atoms with Crippen LogP contribution < -0.4 is 5.32 Å². The summed E-state index contributed by atoms with van der Waals surface area (Å²) in [6, 6.07) is 0.0127. The summed E-state index contributed by atoms with van der Waals surface area (Å²) in [4.78, 5) is 24.3. The molecule has 0 saturated carbocycles. The van der Waals surface area contributed by atoms with Gasteiger partial charge in [0, 0.05) is 21.4 Å². The van der Waals surface area contributed by atoms with Gasteiger partial charge in [0.1, 0.15) is 5.60 Å². The van der Waals surface area contributed by atoms with Crippen LogP contribution in [0.1, 0.15) is 49.4 Å². The van der Waals surface area contributed by atoms with Gasteiger partial charge in [-0.1, -0.05) is 13.8 Å². The van der Waals surface area contributed by atoms with Crippen molar-refractivity contribution < 1.29 is 15.8 Å². The molecule has 1 fully saturated rings. The van der Waals surface area contributed by atoms with E-state index in [-0.39, 0.29) is 13.4 Å². The summed E-state index contributed by atoms with van der Waals surface area (Å²) in [7, 11) is 0. The van der Waals surface area contributed by atoms with Crippen molar-refractivity contribution in [2.75, 3.05) is 13.1 Å². The van der Waals surface area contributed by atoms with E-state index < -0.39 is 11.7 Å². The first-order valence-electron chi connectivity index (χ1n) is 6.53. The molecule has 0 spiro atoms. The van der Waals surface area contributed by atoms with Gasteiger partial charge in [0.05, 0.1) is 6.04 Å². The van der Waals surface area contributed by atoms with Gasteiger partial charge in [0.25, 0.3) is 0 Å². The van der Waals surface area contributed by atoms with Gasteiger partial charge in [0.15, 0.2) is 0 Å². The summed E-state index contributed by atoms with van der Waals surface area (Å²) >= 11 is 0. The monoisotopic (exact) mass is 260 g/mol. The minimum absolute atomic E-state index is 0. The molecule has 1 aliphatic rings. The Balaban J connectivity index is 0. The number of hydrogen-bond acceptors (Lipinski definition) is 3. The first-order valence-corrected chi connectivity index (χ1v) is 6.53. The highest BCUT2D eigenvalue weighted by Crippen LogP contribution is 2.11. The third kappa shape index (κ3) is 6.47. The average Bonchev–Trinajstić information content (AvgIpc) is 2.66. The first-order chi connectivity index (χ1) is 8.28. The number of nitrogens with zero attached hydrogens (tertiary/aromatic N) is 1. The molecular formula is C13H28N2O3. The van der Waals surface area contributed by atoms with Crippen molar-refractivity contribution in [1.29, 1.82) is 0 Å². The molecule has 18 heavy (non-hydrogen) atoms. The van der Waals surface area contributed by atoms with Crippen LogP contribution in [0, 0.1) is 0 Å². The largest absolute Gasteiger partial charge is 0.444 e. The second kappa shape index (κ2) is 7.24. The zero-order chi connectivity index (χ0) is 14.3. The van der Waals surface area contributed by atoms with E-state index in [1.807, 2.05) is 34.6 Å².